The van der Waals surface area contributed by atoms with Gasteiger partial charge in [0.05, 0.1) is 11.5 Å². The van der Waals surface area contributed by atoms with Crippen molar-refractivity contribution in [1.82, 2.24) is 4.72 Å². The quantitative estimate of drug-likeness (QED) is 0.746. The van der Waals surface area contributed by atoms with Gasteiger partial charge in [-0.15, -0.1) is 11.3 Å². The fraction of sp³-hybridized carbons (Fsp3) is 0.375. The molecule has 1 aromatic heterocycles. The molecule has 0 spiro atoms. The van der Waals surface area contributed by atoms with E-state index in [2.05, 4.69) is 11.6 Å². The Balaban J connectivity index is 2.05. The van der Waals surface area contributed by atoms with Crippen LogP contribution in [0.4, 0.5) is 0 Å². The first-order valence-electron chi connectivity index (χ1n) is 7.28. The van der Waals surface area contributed by atoms with E-state index in [-0.39, 0.29) is 4.90 Å². The molecule has 0 unspecified atom stereocenters. The third kappa shape index (κ3) is 4.56. The van der Waals surface area contributed by atoms with Crippen molar-refractivity contribution >= 4 is 21.4 Å². The average molecular weight is 339 g/mol. The Hall–Kier alpha value is -1.37. The van der Waals surface area contributed by atoms with E-state index < -0.39 is 10.0 Å². The Kier molecular flexibility index (Phi) is 5.99. The molecule has 0 saturated heterocycles. The Labute approximate surface area is 136 Å². The molecular weight excluding hydrogens is 318 g/mol. The van der Waals surface area contributed by atoms with Gasteiger partial charge in [0.1, 0.15) is 5.75 Å². The maximum absolute atomic E-state index is 12.3. The predicted molar refractivity (Wildman–Crippen MR) is 89.9 cm³/mol. The van der Waals surface area contributed by atoms with Crippen LogP contribution in [-0.4, -0.2) is 15.0 Å². The van der Waals surface area contributed by atoms with Crippen LogP contribution in [0, 0.1) is 6.92 Å². The summed E-state index contributed by atoms with van der Waals surface area (Å²) in [6.45, 7) is 4.93. The molecule has 120 valence electrons. The average Bonchev–Trinajstić information content (AvgIpc) is 3.00. The van der Waals surface area contributed by atoms with E-state index in [4.69, 9.17) is 4.74 Å². The van der Waals surface area contributed by atoms with Crippen LogP contribution >= 0.6 is 11.3 Å². The second-order valence-corrected chi connectivity index (χ2v) is 7.83. The minimum absolute atomic E-state index is 0.268. The molecule has 1 aromatic carbocycles. The smallest absolute Gasteiger partial charge is 0.240 e. The fourth-order valence-corrected chi connectivity index (χ4v) is 3.77. The van der Waals surface area contributed by atoms with Crippen molar-refractivity contribution in [3.63, 3.8) is 0 Å². The van der Waals surface area contributed by atoms with Crippen molar-refractivity contribution in [2.75, 3.05) is 6.61 Å². The van der Waals surface area contributed by atoms with Gasteiger partial charge in [-0.3, -0.25) is 0 Å². The Bertz CT molecular complexity index is 694. The number of nitrogens with one attached hydrogen (secondary N) is 1. The van der Waals surface area contributed by atoms with Gasteiger partial charge in [-0.1, -0.05) is 19.4 Å². The first-order valence-corrected chi connectivity index (χ1v) is 9.64. The summed E-state index contributed by atoms with van der Waals surface area (Å²) >= 11 is 1.53. The van der Waals surface area contributed by atoms with Crippen molar-refractivity contribution in [2.24, 2.45) is 0 Å². The summed E-state index contributed by atoms with van der Waals surface area (Å²) in [5.41, 5.74) is 0.829. The molecular formula is C16H21NO3S2. The summed E-state index contributed by atoms with van der Waals surface area (Å²) in [6, 6.07) is 8.78. The minimum atomic E-state index is -3.50. The Morgan fingerprint density at radius 2 is 2.09 bits per heavy atom. The van der Waals surface area contributed by atoms with Crippen molar-refractivity contribution in [3.8, 4) is 5.75 Å². The molecule has 0 aliphatic carbocycles. The van der Waals surface area contributed by atoms with Crippen molar-refractivity contribution in [3.05, 3.63) is 46.2 Å². The van der Waals surface area contributed by atoms with Crippen LogP contribution in [0.15, 0.2) is 40.6 Å². The third-order valence-corrected chi connectivity index (χ3v) is 5.50. The number of ether oxygens (including phenoxy) is 1. The molecule has 22 heavy (non-hydrogen) atoms. The maximum atomic E-state index is 12.3. The van der Waals surface area contributed by atoms with E-state index >= 15 is 0 Å². The van der Waals surface area contributed by atoms with E-state index in [1.807, 2.05) is 24.4 Å². The lowest BCUT2D eigenvalue weighted by Crippen LogP contribution is -2.22. The lowest BCUT2D eigenvalue weighted by Gasteiger charge is -2.11. The van der Waals surface area contributed by atoms with Crippen LogP contribution in [0.3, 0.4) is 0 Å². The lowest BCUT2D eigenvalue weighted by atomic mass is 10.2. The summed E-state index contributed by atoms with van der Waals surface area (Å²) in [6.07, 6.45) is 2.06. The second-order valence-electron chi connectivity index (χ2n) is 5.03. The summed E-state index contributed by atoms with van der Waals surface area (Å²) in [7, 11) is -3.50. The summed E-state index contributed by atoms with van der Waals surface area (Å²) < 4.78 is 32.9. The van der Waals surface area contributed by atoms with E-state index in [1.54, 1.807) is 18.2 Å². The molecule has 0 aliphatic heterocycles. The monoisotopic (exact) mass is 339 g/mol. The van der Waals surface area contributed by atoms with Crippen LogP contribution < -0.4 is 9.46 Å². The molecule has 2 aromatic rings. The van der Waals surface area contributed by atoms with Crippen molar-refractivity contribution in [2.45, 2.75) is 38.1 Å². The van der Waals surface area contributed by atoms with Gasteiger partial charge < -0.3 is 4.74 Å². The molecule has 4 nitrogen and oxygen atoms in total. The van der Waals surface area contributed by atoms with Gasteiger partial charge in [-0.2, -0.15) is 0 Å². The highest BCUT2D eigenvalue weighted by Crippen LogP contribution is 2.22. The standard InChI is InChI=1S/C16H21NO3S2/c1-3-4-9-20-16-8-7-15(11-13(16)2)22(18,19)17-12-14-6-5-10-21-14/h5-8,10-11,17H,3-4,9,12H2,1-2H3. The van der Waals surface area contributed by atoms with Crippen LogP contribution in [0.25, 0.3) is 0 Å². The number of rotatable bonds is 8. The summed E-state index contributed by atoms with van der Waals surface area (Å²) in [5.74, 6) is 0.741. The zero-order valence-corrected chi connectivity index (χ0v) is 14.5. The molecule has 1 N–H and O–H groups in total. The van der Waals surface area contributed by atoms with E-state index in [0.717, 1.165) is 29.0 Å². The molecule has 0 atom stereocenters. The number of unbranched alkanes of at least 4 members (excludes halogenated alkanes) is 1. The number of thiophene rings is 1. The summed E-state index contributed by atoms with van der Waals surface area (Å²) in [5, 5.41) is 1.93. The fourth-order valence-electron chi connectivity index (χ4n) is 1.94. The zero-order valence-electron chi connectivity index (χ0n) is 12.8. The van der Waals surface area contributed by atoms with Crippen LogP contribution in [-0.2, 0) is 16.6 Å². The lowest BCUT2D eigenvalue weighted by molar-refractivity contribution is 0.307. The Morgan fingerprint density at radius 1 is 1.27 bits per heavy atom. The number of hydrogen-bond donors (Lipinski definition) is 1. The first-order chi connectivity index (χ1) is 10.5. The van der Waals surface area contributed by atoms with Gasteiger partial charge in [0, 0.05) is 11.4 Å². The molecule has 0 radical (unpaired) electrons. The van der Waals surface area contributed by atoms with Crippen molar-refractivity contribution < 1.29 is 13.2 Å². The topological polar surface area (TPSA) is 55.4 Å². The van der Waals surface area contributed by atoms with Crippen LogP contribution in [0.5, 0.6) is 5.75 Å². The zero-order chi connectivity index (χ0) is 16.0. The molecule has 2 rings (SSSR count). The predicted octanol–water partition coefficient (Wildman–Crippen LogP) is 3.71. The maximum Gasteiger partial charge on any atom is 0.240 e. The normalized spacial score (nSPS) is 11.5. The Morgan fingerprint density at radius 3 is 2.73 bits per heavy atom. The second kappa shape index (κ2) is 7.76. The van der Waals surface area contributed by atoms with Crippen molar-refractivity contribution in [1.29, 1.82) is 0 Å². The third-order valence-electron chi connectivity index (χ3n) is 3.23. The van der Waals surface area contributed by atoms with Gasteiger partial charge in [-0.05, 0) is 48.6 Å². The number of hydrogen-bond acceptors (Lipinski definition) is 4. The molecule has 0 bridgehead atoms. The van der Waals surface area contributed by atoms with E-state index in [0.29, 0.717) is 13.2 Å². The largest absolute Gasteiger partial charge is 0.493 e. The minimum Gasteiger partial charge on any atom is -0.493 e. The molecule has 1 heterocycles. The van der Waals surface area contributed by atoms with E-state index in [1.165, 1.54) is 11.3 Å². The van der Waals surface area contributed by atoms with E-state index in [9.17, 15) is 8.42 Å². The van der Waals surface area contributed by atoms with Gasteiger partial charge in [0.2, 0.25) is 10.0 Å². The first kappa shape index (κ1) is 17.0. The number of sulfonamides is 1. The van der Waals surface area contributed by atoms with Gasteiger partial charge in [-0.25, -0.2) is 13.1 Å². The molecule has 6 heteroatoms. The SMILES string of the molecule is CCCCOc1ccc(S(=O)(=O)NCc2cccs2)cc1C. The van der Waals surface area contributed by atoms with Gasteiger partial charge in [0.15, 0.2) is 0 Å². The molecule has 0 fully saturated rings. The van der Waals surface area contributed by atoms with Gasteiger partial charge >= 0.3 is 0 Å². The number of aryl methyl sites for hydroxylation is 1. The molecule has 0 saturated carbocycles. The molecule has 0 amide bonds. The van der Waals surface area contributed by atoms with Gasteiger partial charge in [0.25, 0.3) is 0 Å². The highest BCUT2D eigenvalue weighted by molar-refractivity contribution is 7.89. The van der Waals surface area contributed by atoms with Crippen LogP contribution in [0.1, 0.15) is 30.2 Å². The highest BCUT2D eigenvalue weighted by Gasteiger charge is 2.15. The van der Waals surface area contributed by atoms with Crippen LogP contribution in [0.2, 0.25) is 0 Å². The number of benzene rings is 1. The summed E-state index contributed by atoms with van der Waals surface area (Å²) in [4.78, 5) is 1.25. The molecule has 0 aliphatic rings. The highest BCUT2D eigenvalue weighted by atomic mass is 32.2.